The highest BCUT2D eigenvalue weighted by atomic mass is 79.9. The van der Waals surface area contributed by atoms with Crippen molar-refractivity contribution in [3.05, 3.63) is 46.5 Å². The molecule has 1 aliphatic carbocycles. The van der Waals surface area contributed by atoms with Crippen molar-refractivity contribution >= 4 is 27.5 Å². The Morgan fingerprint density at radius 1 is 1.00 bits per heavy atom. The van der Waals surface area contributed by atoms with E-state index >= 15 is 0 Å². The van der Waals surface area contributed by atoms with Crippen molar-refractivity contribution in [3.63, 3.8) is 0 Å². The fourth-order valence-electron chi connectivity index (χ4n) is 1.51. The molecule has 14 heavy (non-hydrogen) atoms. The van der Waals surface area contributed by atoms with Gasteiger partial charge in [-0.15, -0.1) is 0 Å². The number of allylic oxidation sites excluding steroid dienone is 2. The number of carbonyl (C=O) groups is 2. The van der Waals surface area contributed by atoms with Gasteiger partial charge in [0.25, 0.3) is 0 Å². The number of hydrogen-bond donors (Lipinski definition) is 0. The van der Waals surface area contributed by atoms with Crippen LogP contribution in [0.5, 0.6) is 0 Å². The van der Waals surface area contributed by atoms with Gasteiger partial charge in [0.2, 0.25) is 0 Å². The quantitative estimate of drug-likeness (QED) is 0.717. The van der Waals surface area contributed by atoms with Gasteiger partial charge in [0.05, 0.1) is 0 Å². The number of benzene rings is 1. The molecule has 3 heteroatoms. The third-order valence-corrected chi connectivity index (χ3v) is 2.92. The number of ketones is 2. The second-order valence-corrected chi connectivity index (χ2v) is 3.95. The third kappa shape index (κ3) is 1.44. The Hall–Kier alpha value is -1.22. The van der Waals surface area contributed by atoms with Crippen LogP contribution in [0.15, 0.2) is 40.9 Å². The van der Waals surface area contributed by atoms with Gasteiger partial charge in [-0.05, 0) is 23.8 Å². The minimum absolute atomic E-state index is 0.137. The fraction of sp³-hybridized carbons (Fsp3) is 0.0909. The fourth-order valence-corrected chi connectivity index (χ4v) is 2.03. The van der Waals surface area contributed by atoms with Gasteiger partial charge in [0.1, 0.15) is 5.92 Å². The normalized spacial score (nSPS) is 16.6. The first-order valence-electron chi connectivity index (χ1n) is 4.20. The summed E-state index contributed by atoms with van der Waals surface area (Å²) >= 11 is 3.33. The van der Waals surface area contributed by atoms with Gasteiger partial charge < -0.3 is 0 Å². The monoisotopic (exact) mass is 250 g/mol. The van der Waals surface area contributed by atoms with Gasteiger partial charge in [-0.2, -0.15) is 0 Å². The van der Waals surface area contributed by atoms with Gasteiger partial charge >= 0.3 is 0 Å². The van der Waals surface area contributed by atoms with Crippen LogP contribution in [-0.4, -0.2) is 11.6 Å². The summed E-state index contributed by atoms with van der Waals surface area (Å²) in [6.45, 7) is 0. The molecule has 1 aromatic rings. The summed E-state index contributed by atoms with van der Waals surface area (Å²) in [5, 5.41) is 0. The second-order valence-electron chi connectivity index (χ2n) is 3.09. The summed E-state index contributed by atoms with van der Waals surface area (Å²) in [5.74, 6) is -0.908. The highest BCUT2D eigenvalue weighted by Crippen LogP contribution is 2.29. The second kappa shape index (κ2) is 3.50. The first-order chi connectivity index (χ1) is 6.70. The van der Waals surface area contributed by atoms with Gasteiger partial charge in [0.15, 0.2) is 11.6 Å². The Kier molecular flexibility index (Phi) is 2.33. The average Bonchev–Trinajstić information content (AvgIpc) is 2.48. The van der Waals surface area contributed by atoms with E-state index in [0.29, 0.717) is 0 Å². The summed E-state index contributed by atoms with van der Waals surface area (Å²) in [6, 6.07) is 7.29. The van der Waals surface area contributed by atoms with Gasteiger partial charge in [-0.1, -0.05) is 34.1 Å². The molecule has 0 atom stereocenters. The summed E-state index contributed by atoms with van der Waals surface area (Å²) in [4.78, 5) is 22.8. The minimum atomic E-state index is -0.634. The number of halogens is 1. The average molecular weight is 251 g/mol. The zero-order chi connectivity index (χ0) is 10.1. The van der Waals surface area contributed by atoms with E-state index in [4.69, 9.17) is 0 Å². The smallest absolute Gasteiger partial charge is 0.171 e. The Labute approximate surface area is 89.8 Å². The van der Waals surface area contributed by atoms with E-state index in [0.717, 1.165) is 10.0 Å². The maximum atomic E-state index is 11.4. The van der Waals surface area contributed by atoms with Crippen LogP contribution in [-0.2, 0) is 9.59 Å². The maximum absolute atomic E-state index is 11.4. The molecule has 0 aromatic heterocycles. The molecule has 0 amide bonds. The van der Waals surface area contributed by atoms with E-state index in [1.807, 2.05) is 18.2 Å². The van der Waals surface area contributed by atoms with Crippen LogP contribution in [0.2, 0.25) is 0 Å². The lowest BCUT2D eigenvalue weighted by Gasteiger charge is -2.08. The standard InChI is InChI=1S/C11H7BrO2/c12-8-4-2-1-3-7(8)11-9(13)5-6-10(11)14/h1-6,11H. The van der Waals surface area contributed by atoms with Gasteiger partial charge in [-0.3, -0.25) is 9.59 Å². The molecule has 0 N–H and O–H groups in total. The molecule has 1 aliphatic rings. The van der Waals surface area contributed by atoms with E-state index in [1.165, 1.54) is 12.2 Å². The van der Waals surface area contributed by atoms with Crippen molar-refractivity contribution in [2.45, 2.75) is 5.92 Å². The highest BCUT2D eigenvalue weighted by Gasteiger charge is 2.30. The molecule has 2 rings (SSSR count). The molecule has 0 saturated carbocycles. The van der Waals surface area contributed by atoms with Crippen molar-refractivity contribution in [3.8, 4) is 0 Å². The predicted molar refractivity (Wildman–Crippen MR) is 56.0 cm³/mol. The largest absolute Gasteiger partial charge is 0.294 e. The van der Waals surface area contributed by atoms with Crippen molar-refractivity contribution in [1.82, 2.24) is 0 Å². The lowest BCUT2D eigenvalue weighted by atomic mass is 9.95. The van der Waals surface area contributed by atoms with E-state index in [1.54, 1.807) is 6.07 Å². The minimum Gasteiger partial charge on any atom is -0.294 e. The molecule has 0 unspecified atom stereocenters. The van der Waals surface area contributed by atoms with E-state index in [2.05, 4.69) is 15.9 Å². The summed E-state index contributed by atoms with van der Waals surface area (Å²) in [7, 11) is 0. The Bertz CT molecular complexity index is 417. The molecule has 0 saturated heterocycles. The van der Waals surface area contributed by atoms with Crippen LogP contribution >= 0.6 is 15.9 Å². The van der Waals surface area contributed by atoms with Crippen LogP contribution in [0.4, 0.5) is 0 Å². The van der Waals surface area contributed by atoms with Crippen LogP contribution in [0.25, 0.3) is 0 Å². The summed E-state index contributed by atoms with van der Waals surface area (Å²) in [5.41, 5.74) is 0.743. The zero-order valence-corrected chi connectivity index (χ0v) is 8.82. The van der Waals surface area contributed by atoms with Crippen LogP contribution in [0, 0.1) is 0 Å². The number of carbonyl (C=O) groups excluding carboxylic acids is 2. The molecule has 1 aromatic carbocycles. The molecule has 0 bridgehead atoms. The van der Waals surface area contributed by atoms with E-state index in [9.17, 15) is 9.59 Å². The van der Waals surface area contributed by atoms with Crippen molar-refractivity contribution in [2.24, 2.45) is 0 Å². The van der Waals surface area contributed by atoms with E-state index < -0.39 is 5.92 Å². The van der Waals surface area contributed by atoms with Crippen molar-refractivity contribution in [1.29, 1.82) is 0 Å². The lowest BCUT2D eigenvalue weighted by Crippen LogP contribution is -2.13. The first-order valence-corrected chi connectivity index (χ1v) is 4.99. The molecule has 2 nitrogen and oxygen atoms in total. The molecular formula is C11H7BrO2. The van der Waals surface area contributed by atoms with Crippen molar-refractivity contribution < 1.29 is 9.59 Å². The SMILES string of the molecule is O=C1C=CC(=O)C1c1ccccc1Br. The number of hydrogen-bond acceptors (Lipinski definition) is 2. The topological polar surface area (TPSA) is 34.1 Å². The molecule has 0 spiro atoms. The third-order valence-electron chi connectivity index (χ3n) is 2.20. The molecule has 0 fully saturated rings. The Morgan fingerprint density at radius 3 is 2.14 bits per heavy atom. The summed E-state index contributed by atoms with van der Waals surface area (Å²) < 4.78 is 0.801. The maximum Gasteiger partial charge on any atom is 0.171 e. The van der Waals surface area contributed by atoms with Crippen LogP contribution < -0.4 is 0 Å². The Balaban J connectivity index is 2.46. The molecular weight excluding hydrogens is 244 g/mol. The summed E-state index contributed by atoms with van der Waals surface area (Å²) in [6.07, 6.45) is 2.68. The van der Waals surface area contributed by atoms with E-state index in [-0.39, 0.29) is 11.6 Å². The molecule has 0 radical (unpaired) electrons. The Morgan fingerprint density at radius 2 is 1.57 bits per heavy atom. The van der Waals surface area contributed by atoms with Gasteiger partial charge in [0, 0.05) is 4.47 Å². The lowest BCUT2D eigenvalue weighted by molar-refractivity contribution is -0.122. The predicted octanol–water partition coefficient (Wildman–Crippen LogP) is 2.24. The molecule has 70 valence electrons. The molecule has 0 heterocycles. The number of rotatable bonds is 1. The van der Waals surface area contributed by atoms with Crippen molar-refractivity contribution in [2.75, 3.05) is 0 Å². The first kappa shape index (κ1) is 9.34. The van der Waals surface area contributed by atoms with Crippen LogP contribution in [0.3, 0.4) is 0 Å². The zero-order valence-electron chi connectivity index (χ0n) is 7.24. The van der Waals surface area contributed by atoms with Crippen LogP contribution in [0.1, 0.15) is 11.5 Å². The van der Waals surface area contributed by atoms with Gasteiger partial charge in [-0.25, -0.2) is 0 Å². The molecule has 0 aliphatic heterocycles. The highest BCUT2D eigenvalue weighted by molar-refractivity contribution is 9.10.